The molecule has 0 aliphatic carbocycles. The second-order valence-electron chi connectivity index (χ2n) is 7.13. The van der Waals surface area contributed by atoms with Crippen LogP contribution in [0.25, 0.3) is 0 Å². The summed E-state index contributed by atoms with van der Waals surface area (Å²) in [6.07, 6.45) is 0. The lowest BCUT2D eigenvalue weighted by molar-refractivity contribution is -0.115. The normalized spacial score (nSPS) is 12.8. The Morgan fingerprint density at radius 3 is 2.21 bits per heavy atom. The Hall–Kier alpha value is -2.22. The van der Waals surface area contributed by atoms with Crippen LogP contribution in [0.3, 0.4) is 0 Å². The summed E-state index contributed by atoms with van der Waals surface area (Å²) in [6, 6.07) is 12.6. The van der Waals surface area contributed by atoms with Crippen molar-refractivity contribution in [2.45, 2.75) is 45.6 Å². The number of nitrogens with zero attached hydrogens (tertiary/aromatic N) is 1. The summed E-state index contributed by atoms with van der Waals surface area (Å²) in [5, 5.41) is 6.09. The molecule has 0 aliphatic rings. The maximum absolute atomic E-state index is 12.6. The second kappa shape index (κ2) is 10.0. The van der Waals surface area contributed by atoms with E-state index in [4.69, 9.17) is 0 Å². The number of benzene rings is 2. The highest BCUT2D eigenvalue weighted by atomic mass is 32.2. The zero-order valence-electron chi connectivity index (χ0n) is 17.8. The van der Waals surface area contributed by atoms with E-state index < -0.39 is 10.0 Å². The number of aryl methyl sites for hydroxylation is 2. The van der Waals surface area contributed by atoms with Gasteiger partial charge in [-0.2, -0.15) is 4.31 Å². The molecule has 0 radical (unpaired) electrons. The van der Waals surface area contributed by atoms with Crippen molar-refractivity contribution in [3.8, 4) is 0 Å². The first-order valence-electron chi connectivity index (χ1n) is 9.89. The molecule has 1 unspecified atom stereocenters. The minimum atomic E-state index is -3.46. The van der Waals surface area contributed by atoms with Crippen molar-refractivity contribution in [2.24, 2.45) is 0 Å². The van der Waals surface area contributed by atoms with Crippen LogP contribution in [0.4, 0.5) is 5.69 Å². The molecule has 0 saturated carbocycles. The average molecular weight is 418 g/mol. The number of hydrogen-bond acceptors (Lipinski definition) is 4. The number of carbonyl (C=O) groups excluding carboxylic acids is 1. The van der Waals surface area contributed by atoms with Crippen LogP contribution in [0.15, 0.2) is 47.4 Å². The highest BCUT2D eigenvalue weighted by Crippen LogP contribution is 2.20. The van der Waals surface area contributed by atoms with Gasteiger partial charge in [-0.05, 0) is 50.1 Å². The Bertz CT molecular complexity index is 936. The standard InChI is InChI=1S/C22H31N3O3S/c1-6-25(7-2)29(27,28)20-11-9-19(10-12-20)18(5)23-15-22(26)24-21-13-8-16(3)14-17(21)4/h8-14,18,23H,6-7,15H2,1-5H3,(H,24,26). The van der Waals surface area contributed by atoms with Crippen molar-refractivity contribution < 1.29 is 13.2 Å². The fourth-order valence-electron chi connectivity index (χ4n) is 3.15. The Kier molecular flexibility index (Phi) is 7.96. The van der Waals surface area contributed by atoms with Gasteiger partial charge in [-0.1, -0.05) is 43.7 Å². The van der Waals surface area contributed by atoms with Crippen LogP contribution >= 0.6 is 0 Å². The zero-order chi connectivity index (χ0) is 21.6. The van der Waals surface area contributed by atoms with Crippen molar-refractivity contribution in [3.05, 3.63) is 59.2 Å². The van der Waals surface area contributed by atoms with E-state index in [1.165, 1.54) is 4.31 Å². The molecule has 7 heteroatoms. The minimum absolute atomic E-state index is 0.0925. The average Bonchev–Trinajstić information content (AvgIpc) is 2.69. The van der Waals surface area contributed by atoms with Gasteiger partial charge in [0, 0.05) is 24.8 Å². The molecule has 2 aromatic rings. The summed E-state index contributed by atoms with van der Waals surface area (Å²) < 4.78 is 26.6. The number of nitrogens with one attached hydrogen (secondary N) is 2. The molecule has 1 atom stereocenters. The molecule has 29 heavy (non-hydrogen) atoms. The molecule has 0 aromatic heterocycles. The van der Waals surface area contributed by atoms with Crippen molar-refractivity contribution in [1.29, 1.82) is 0 Å². The molecular formula is C22H31N3O3S. The number of rotatable bonds is 9. The van der Waals surface area contributed by atoms with Gasteiger partial charge in [0.15, 0.2) is 0 Å². The van der Waals surface area contributed by atoms with Crippen LogP contribution in [-0.2, 0) is 14.8 Å². The largest absolute Gasteiger partial charge is 0.325 e. The summed E-state index contributed by atoms with van der Waals surface area (Å²) >= 11 is 0. The van der Waals surface area contributed by atoms with E-state index in [0.717, 1.165) is 22.4 Å². The number of hydrogen-bond donors (Lipinski definition) is 2. The molecule has 0 spiro atoms. The number of anilines is 1. The van der Waals surface area contributed by atoms with E-state index in [1.54, 1.807) is 24.3 Å². The van der Waals surface area contributed by atoms with E-state index in [9.17, 15) is 13.2 Å². The third-order valence-electron chi connectivity index (χ3n) is 4.95. The Balaban J connectivity index is 1.97. The lowest BCUT2D eigenvalue weighted by Crippen LogP contribution is -2.31. The van der Waals surface area contributed by atoms with Crippen LogP contribution in [0.2, 0.25) is 0 Å². The van der Waals surface area contributed by atoms with E-state index in [1.807, 2.05) is 52.8 Å². The van der Waals surface area contributed by atoms with E-state index in [2.05, 4.69) is 10.6 Å². The lowest BCUT2D eigenvalue weighted by Gasteiger charge is -2.19. The van der Waals surface area contributed by atoms with Crippen LogP contribution in [0, 0.1) is 13.8 Å². The van der Waals surface area contributed by atoms with Gasteiger partial charge in [0.05, 0.1) is 11.4 Å². The van der Waals surface area contributed by atoms with Gasteiger partial charge in [0.1, 0.15) is 0 Å². The third-order valence-corrected chi connectivity index (χ3v) is 7.01. The van der Waals surface area contributed by atoms with Crippen molar-refractivity contribution in [1.82, 2.24) is 9.62 Å². The number of amides is 1. The monoisotopic (exact) mass is 417 g/mol. The predicted octanol–water partition coefficient (Wildman–Crippen LogP) is 3.62. The van der Waals surface area contributed by atoms with Gasteiger partial charge < -0.3 is 10.6 Å². The van der Waals surface area contributed by atoms with E-state index >= 15 is 0 Å². The van der Waals surface area contributed by atoms with Crippen LogP contribution in [0.5, 0.6) is 0 Å². The number of carbonyl (C=O) groups is 1. The Morgan fingerprint density at radius 1 is 1.03 bits per heavy atom. The molecule has 158 valence electrons. The molecule has 1 amide bonds. The minimum Gasteiger partial charge on any atom is -0.325 e. The summed E-state index contributed by atoms with van der Waals surface area (Å²) in [7, 11) is -3.46. The fourth-order valence-corrected chi connectivity index (χ4v) is 4.61. The Labute approximate surface area is 174 Å². The lowest BCUT2D eigenvalue weighted by atomic mass is 10.1. The van der Waals surface area contributed by atoms with Crippen LogP contribution in [0.1, 0.15) is 43.5 Å². The molecule has 0 heterocycles. The molecule has 0 aliphatic heterocycles. The first-order valence-corrected chi connectivity index (χ1v) is 11.3. The quantitative estimate of drug-likeness (QED) is 0.653. The first-order chi connectivity index (χ1) is 13.7. The second-order valence-corrected chi connectivity index (χ2v) is 9.07. The topological polar surface area (TPSA) is 78.5 Å². The van der Waals surface area contributed by atoms with Crippen molar-refractivity contribution in [2.75, 3.05) is 25.0 Å². The molecule has 0 fully saturated rings. The van der Waals surface area contributed by atoms with Gasteiger partial charge in [-0.3, -0.25) is 4.79 Å². The summed E-state index contributed by atoms with van der Waals surface area (Å²) in [4.78, 5) is 12.5. The fraction of sp³-hybridized carbons (Fsp3) is 0.409. The molecule has 0 bridgehead atoms. The predicted molar refractivity (Wildman–Crippen MR) is 118 cm³/mol. The molecule has 6 nitrogen and oxygen atoms in total. The molecular weight excluding hydrogens is 386 g/mol. The molecule has 2 N–H and O–H groups in total. The molecule has 0 saturated heterocycles. The van der Waals surface area contributed by atoms with Gasteiger partial charge in [-0.15, -0.1) is 0 Å². The summed E-state index contributed by atoms with van der Waals surface area (Å²) in [5.41, 5.74) is 3.90. The van der Waals surface area contributed by atoms with Gasteiger partial charge in [0.2, 0.25) is 15.9 Å². The van der Waals surface area contributed by atoms with Gasteiger partial charge >= 0.3 is 0 Å². The first kappa shape index (κ1) is 23.1. The van der Waals surface area contributed by atoms with Crippen molar-refractivity contribution in [3.63, 3.8) is 0 Å². The maximum Gasteiger partial charge on any atom is 0.243 e. The Morgan fingerprint density at radius 2 is 1.66 bits per heavy atom. The number of sulfonamides is 1. The highest BCUT2D eigenvalue weighted by Gasteiger charge is 2.21. The third kappa shape index (κ3) is 5.88. The summed E-state index contributed by atoms with van der Waals surface area (Å²) in [6.45, 7) is 10.6. The van der Waals surface area contributed by atoms with Crippen molar-refractivity contribution >= 4 is 21.6 Å². The summed E-state index contributed by atoms with van der Waals surface area (Å²) in [5.74, 6) is -0.121. The van der Waals surface area contributed by atoms with Gasteiger partial charge in [0.25, 0.3) is 0 Å². The maximum atomic E-state index is 12.6. The molecule has 2 aromatic carbocycles. The zero-order valence-corrected chi connectivity index (χ0v) is 18.6. The SMILES string of the molecule is CCN(CC)S(=O)(=O)c1ccc(C(C)NCC(=O)Nc2ccc(C)cc2C)cc1. The highest BCUT2D eigenvalue weighted by molar-refractivity contribution is 7.89. The van der Waals surface area contributed by atoms with Gasteiger partial charge in [-0.25, -0.2) is 8.42 Å². The van der Waals surface area contributed by atoms with Crippen LogP contribution < -0.4 is 10.6 Å². The van der Waals surface area contributed by atoms with E-state index in [-0.39, 0.29) is 23.4 Å². The molecule has 2 rings (SSSR count). The van der Waals surface area contributed by atoms with Crippen LogP contribution in [-0.4, -0.2) is 38.3 Å². The smallest absolute Gasteiger partial charge is 0.243 e. The van der Waals surface area contributed by atoms with E-state index in [0.29, 0.717) is 13.1 Å².